The van der Waals surface area contributed by atoms with Crippen LogP contribution in [-0.4, -0.2) is 82.7 Å². The van der Waals surface area contributed by atoms with Gasteiger partial charge in [-0.1, -0.05) is 13.3 Å². The summed E-state index contributed by atoms with van der Waals surface area (Å²) in [7, 11) is 0. The normalized spacial score (nSPS) is 13.1. The number of nitrogens with two attached hydrogens (primary N) is 2. The summed E-state index contributed by atoms with van der Waals surface area (Å²) in [4.78, 5) is 72.3. The minimum Gasteiger partial charge on any atom is -0.481 e. The summed E-state index contributed by atoms with van der Waals surface area (Å²) in [5, 5.41) is 29.9. The third-order valence-corrected chi connectivity index (χ3v) is 5.17. The van der Waals surface area contributed by atoms with Crippen molar-refractivity contribution in [3.8, 4) is 0 Å². The molecule has 0 spiro atoms. The Kier molecular flexibility index (Phi) is 17.1. The van der Waals surface area contributed by atoms with Gasteiger partial charge in [0.2, 0.25) is 11.8 Å². The summed E-state index contributed by atoms with van der Waals surface area (Å²) in [5.41, 5.74) is 10.7. The second-order valence-corrected chi connectivity index (χ2v) is 8.49. The molecule has 210 valence electrons. The minimum atomic E-state index is -1.45. The van der Waals surface area contributed by atoms with Gasteiger partial charge < -0.3 is 37.1 Å². The van der Waals surface area contributed by atoms with E-state index in [-0.39, 0.29) is 38.1 Å². The lowest BCUT2D eigenvalue weighted by molar-refractivity contribution is -0.145. The number of esters is 1. The molecule has 0 radical (unpaired) electrons. The fourth-order valence-corrected chi connectivity index (χ4v) is 3.12. The molecule has 9 N–H and O–H groups in total. The zero-order valence-electron chi connectivity index (χ0n) is 21.1. The maximum Gasteiger partial charge on any atom is 0.306 e. The van der Waals surface area contributed by atoms with Crippen LogP contribution in [0.4, 0.5) is 0 Å². The third-order valence-electron chi connectivity index (χ3n) is 5.17. The van der Waals surface area contributed by atoms with Crippen molar-refractivity contribution >= 4 is 41.2 Å². The second-order valence-electron chi connectivity index (χ2n) is 8.49. The van der Waals surface area contributed by atoms with E-state index in [9.17, 15) is 28.8 Å². The molecule has 3 atom stereocenters. The van der Waals surface area contributed by atoms with Crippen molar-refractivity contribution < 1.29 is 43.7 Å². The Morgan fingerprint density at radius 3 is 2.11 bits per heavy atom. The largest absolute Gasteiger partial charge is 0.481 e. The predicted molar refractivity (Wildman–Crippen MR) is 131 cm³/mol. The number of hydrogen-bond donors (Lipinski definition) is 7. The summed E-state index contributed by atoms with van der Waals surface area (Å²) in [6.07, 6.45) is 0.316. The summed E-state index contributed by atoms with van der Waals surface area (Å²) in [6, 6.07) is -3.74. The molecule has 0 saturated carbocycles. The highest BCUT2D eigenvalue weighted by atomic mass is 16.5. The van der Waals surface area contributed by atoms with E-state index in [1.165, 1.54) is 0 Å². The van der Waals surface area contributed by atoms with Gasteiger partial charge in [-0.3, -0.25) is 34.2 Å². The first-order chi connectivity index (χ1) is 17.4. The number of carboxylic acid groups (broad SMARTS) is 1. The standard InChI is InChI=1S/C23H39N5O9/c1-2-11-37-22(35)10-8-17(30)15(5-3-4-6-19(25)26)27-20(32)9-7-18(31)16(12-21(33)34)28-23(36)14(24)13-29/h14-16,29H,2-13,24H2,1H3,(H3,25,26)(H,27,32)(H,28,36)(H,33,34)/t14-,15-,16-/m0/s1. The third kappa shape index (κ3) is 16.1. The first kappa shape index (κ1) is 33.6. The molecule has 0 aliphatic heterocycles. The van der Waals surface area contributed by atoms with Crippen LogP contribution in [0.1, 0.15) is 71.1 Å². The molecule has 0 fully saturated rings. The molecule has 0 aromatic carbocycles. The predicted octanol–water partition coefficient (Wildman–Crippen LogP) is -1.10. The van der Waals surface area contributed by atoms with Crippen LogP contribution in [0.2, 0.25) is 0 Å². The summed E-state index contributed by atoms with van der Waals surface area (Å²) in [5.74, 6) is -4.61. The van der Waals surface area contributed by atoms with Gasteiger partial charge in [0.1, 0.15) is 6.04 Å². The first-order valence-corrected chi connectivity index (χ1v) is 12.1. The smallest absolute Gasteiger partial charge is 0.306 e. The van der Waals surface area contributed by atoms with Crippen LogP contribution in [0.15, 0.2) is 0 Å². The molecular weight excluding hydrogens is 490 g/mol. The topological polar surface area (TPSA) is 252 Å². The maximum absolute atomic E-state index is 12.7. The highest BCUT2D eigenvalue weighted by molar-refractivity contribution is 5.96. The van der Waals surface area contributed by atoms with Crippen LogP contribution in [0.25, 0.3) is 0 Å². The molecule has 14 nitrogen and oxygen atoms in total. The van der Waals surface area contributed by atoms with Gasteiger partial charge in [0, 0.05) is 25.7 Å². The first-order valence-electron chi connectivity index (χ1n) is 12.1. The minimum absolute atomic E-state index is 0.00737. The molecule has 0 aromatic rings. The number of carbonyl (C=O) groups is 6. The molecule has 0 aliphatic rings. The van der Waals surface area contributed by atoms with Crippen molar-refractivity contribution in [1.82, 2.24) is 10.6 Å². The zero-order chi connectivity index (χ0) is 28.4. The van der Waals surface area contributed by atoms with Gasteiger partial charge in [0.15, 0.2) is 11.6 Å². The van der Waals surface area contributed by atoms with Gasteiger partial charge in [-0.05, 0) is 19.3 Å². The number of Topliss-reactive ketones (excluding diaryl/α,β-unsaturated/α-hetero) is 2. The van der Waals surface area contributed by atoms with Crippen molar-refractivity contribution in [2.24, 2.45) is 11.5 Å². The highest BCUT2D eigenvalue weighted by Crippen LogP contribution is 2.10. The Balaban J connectivity index is 5.06. The number of unbranched alkanes of at least 4 members (excludes halogenated alkanes) is 1. The molecule has 0 saturated heterocycles. The molecule has 0 bridgehead atoms. The van der Waals surface area contributed by atoms with E-state index in [2.05, 4.69) is 10.6 Å². The van der Waals surface area contributed by atoms with Crippen LogP contribution in [0.5, 0.6) is 0 Å². The van der Waals surface area contributed by atoms with Crippen LogP contribution >= 0.6 is 0 Å². The van der Waals surface area contributed by atoms with E-state index in [0.717, 1.165) is 0 Å². The van der Waals surface area contributed by atoms with Gasteiger partial charge in [-0.25, -0.2) is 0 Å². The van der Waals surface area contributed by atoms with E-state index < -0.39 is 72.9 Å². The lowest BCUT2D eigenvalue weighted by Crippen LogP contribution is -2.50. The van der Waals surface area contributed by atoms with E-state index in [1.807, 2.05) is 6.92 Å². The second kappa shape index (κ2) is 18.8. The number of hydrogen-bond acceptors (Lipinski definition) is 10. The molecule has 0 aromatic heterocycles. The molecule has 37 heavy (non-hydrogen) atoms. The number of ketones is 2. The van der Waals surface area contributed by atoms with E-state index in [0.29, 0.717) is 25.7 Å². The van der Waals surface area contributed by atoms with E-state index in [1.54, 1.807) is 0 Å². The number of carbonyl (C=O) groups excluding carboxylic acids is 5. The molecular formula is C23H39N5O9. The van der Waals surface area contributed by atoms with Gasteiger partial charge in [-0.15, -0.1) is 0 Å². The lowest BCUT2D eigenvalue weighted by atomic mass is 10.00. The Labute approximate surface area is 215 Å². The Hall–Kier alpha value is -3.39. The fraction of sp³-hybridized carbons (Fsp3) is 0.696. The van der Waals surface area contributed by atoms with Crippen molar-refractivity contribution in [3.05, 3.63) is 0 Å². The molecule has 0 unspecified atom stereocenters. The number of amides is 2. The van der Waals surface area contributed by atoms with E-state index >= 15 is 0 Å². The van der Waals surface area contributed by atoms with E-state index in [4.69, 9.17) is 31.8 Å². The number of carboxylic acids is 1. The van der Waals surface area contributed by atoms with Crippen molar-refractivity contribution in [2.75, 3.05) is 13.2 Å². The number of aliphatic hydroxyl groups is 1. The summed E-state index contributed by atoms with van der Waals surface area (Å²) in [6.45, 7) is 1.36. The Morgan fingerprint density at radius 2 is 1.54 bits per heavy atom. The highest BCUT2D eigenvalue weighted by Gasteiger charge is 2.27. The molecule has 0 rings (SSSR count). The number of aliphatic hydroxyl groups excluding tert-OH is 1. The molecule has 0 heterocycles. The monoisotopic (exact) mass is 529 g/mol. The lowest BCUT2D eigenvalue weighted by Gasteiger charge is -2.19. The van der Waals surface area contributed by atoms with Gasteiger partial charge in [0.25, 0.3) is 0 Å². The maximum atomic E-state index is 12.7. The number of amidine groups is 1. The average molecular weight is 530 g/mol. The Bertz CT molecular complexity index is 818. The zero-order valence-corrected chi connectivity index (χ0v) is 21.1. The van der Waals surface area contributed by atoms with Crippen LogP contribution < -0.4 is 22.1 Å². The average Bonchev–Trinajstić information content (AvgIpc) is 2.84. The van der Waals surface area contributed by atoms with Gasteiger partial charge in [-0.2, -0.15) is 0 Å². The molecule has 14 heteroatoms. The number of aliphatic carboxylic acids is 1. The summed E-state index contributed by atoms with van der Waals surface area (Å²) < 4.78 is 4.94. The van der Waals surface area contributed by atoms with Gasteiger partial charge in [0.05, 0.1) is 44.0 Å². The van der Waals surface area contributed by atoms with Crippen molar-refractivity contribution in [1.29, 1.82) is 5.41 Å². The van der Waals surface area contributed by atoms with Crippen LogP contribution in [0, 0.1) is 5.41 Å². The van der Waals surface area contributed by atoms with Gasteiger partial charge >= 0.3 is 11.9 Å². The van der Waals surface area contributed by atoms with Crippen LogP contribution in [0.3, 0.4) is 0 Å². The molecule has 0 aliphatic carbocycles. The van der Waals surface area contributed by atoms with Crippen molar-refractivity contribution in [2.45, 2.75) is 89.3 Å². The van der Waals surface area contributed by atoms with Crippen LogP contribution in [-0.2, 0) is 33.5 Å². The SMILES string of the molecule is CCCOC(=O)CCC(=O)[C@H](CCCCC(=N)N)NC(=O)CCC(=O)[C@H](CC(=O)O)NC(=O)[C@@H](N)CO. The van der Waals surface area contributed by atoms with Crippen molar-refractivity contribution in [3.63, 3.8) is 0 Å². The number of nitrogens with one attached hydrogen (secondary N) is 3. The summed E-state index contributed by atoms with van der Waals surface area (Å²) >= 11 is 0. The number of ether oxygens (including phenoxy) is 1. The number of rotatable bonds is 21. The molecule has 2 amide bonds. The quantitative estimate of drug-likeness (QED) is 0.0406. The fourth-order valence-electron chi connectivity index (χ4n) is 3.12. The Morgan fingerprint density at radius 1 is 0.919 bits per heavy atom.